The van der Waals surface area contributed by atoms with Crippen molar-refractivity contribution in [3.63, 3.8) is 0 Å². The minimum absolute atomic E-state index is 0.0944. The van der Waals surface area contributed by atoms with Crippen molar-refractivity contribution in [1.29, 1.82) is 0 Å². The number of hydrogen-bond donors (Lipinski definition) is 1. The van der Waals surface area contributed by atoms with E-state index >= 15 is 0 Å². The maximum absolute atomic E-state index is 12.8. The summed E-state index contributed by atoms with van der Waals surface area (Å²) in [5.74, 6) is -0.426. The third kappa shape index (κ3) is 4.95. The second-order valence-electron chi connectivity index (χ2n) is 7.97. The Morgan fingerprint density at radius 3 is 2.31 bits per heavy atom. The van der Waals surface area contributed by atoms with Crippen LogP contribution in [0.4, 0.5) is 22.7 Å². The number of nitrogens with one attached hydrogen (secondary N) is 1. The lowest BCUT2D eigenvalue weighted by atomic mass is 10.1. The fraction of sp³-hybridized carbons (Fsp3) is 0.409. The van der Waals surface area contributed by atoms with Crippen LogP contribution in [0.3, 0.4) is 0 Å². The Kier molecular flexibility index (Phi) is 6.78. The SMILES string of the molecule is CN1CCN(c2ccc(NC(=O)c3ccc(N4CCOCC4)c([N+](=O)[O-])c3)cc2Cl)CC1. The summed E-state index contributed by atoms with van der Waals surface area (Å²) < 4.78 is 5.32. The Labute approximate surface area is 191 Å². The Hall–Kier alpha value is -2.88. The molecule has 2 aliphatic heterocycles. The van der Waals surface area contributed by atoms with E-state index in [-0.39, 0.29) is 11.3 Å². The average molecular weight is 460 g/mol. The Balaban J connectivity index is 1.49. The van der Waals surface area contributed by atoms with E-state index < -0.39 is 10.8 Å². The van der Waals surface area contributed by atoms with Crippen molar-refractivity contribution in [1.82, 2.24) is 4.90 Å². The Bertz CT molecular complexity index is 1000. The lowest BCUT2D eigenvalue weighted by Crippen LogP contribution is -2.44. The molecule has 0 atom stereocenters. The Morgan fingerprint density at radius 2 is 1.66 bits per heavy atom. The van der Waals surface area contributed by atoms with E-state index in [1.165, 1.54) is 6.07 Å². The fourth-order valence-corrected chi connectivity index (χ4v) is 4.27. The van der Waals surface area contributed by atoms with Gasteiger partial charge in [0.05, 0.1) is 28.8 Å². The lowest BCUT2D eigenvalue weighted by molar-refractivity contribution is -0.384. The van der Waals surface area contributed by atoms with E-state index in [1.807, 2.05) is 11.0 Å². The fourth-order valence-electron chi connectivity index (χ4n) is 3.97. The van der Waals surface area contributed by atoms with Crippen LogP contribution >= 0.6 is 11.6 Å². The van der Waals surface area contributed by atoms with Crippen molar-refractivity contribution in [2.45, 2.75) is 0 Å². The number of piperazine rings is 1. The molecule has 2 aromatic rings. The maximum atomic E-state index is 12.8. The summed E-state index contributed by atoms with van der Waals surface area (Å²) in [6.45, 7) is 5.90. The number of halogens is 1. The molecule has 1 amide bonds. The maximum Gasteiger partial charge on any atom is 0.293 e. The van der Waals surface area contributed by atoms with Crippen LogP contribution < -0.4 is 15.1 Å². The van der Waals surface area contributed by atoms with Gasteiger partial charge in [0.15, 0.2) is 0 Å². The normalized spacial score (nSPS) is 17.3. The molecule has 0 radical (unpaired) electrons. The van der Waals surface area contributed by atoms with E-state index in [9.17, 15) is 14.9 Å². The van der Waals surface area contributed by atoms with Gasteiger partial charge in [0.25, 0.3) is 11.6 Å². The monoisotopic (exact) mass is 459 g/mol. The van der Waals surface area contributed by atoms with Crippen molar-refractivity contribution in [2.75, 3.05) is 74.6 Å². The van der Waals surface area contributed by atoms with Gasteiger partial charge in [-0.05, 0) is 37.4 Å². The first-order valence-corrected chi connectivity index (χ1v) is 11.0. The highest BCUT2D eigenvalue weighted by atomic mass is 35.5. The van der Waals surface area contributed by atoms with E-state index in [4.69, 9.17) is 16.3 Å². The molecular formula is C22H26ClN5O4. The van der Waals surface area contributed by atoms with Gasteiger partial charge in [-0.3, -0.25) is 14.9 Å². The molecule has 2 fully saturated rings. The number of morpholine rings is 1. The zero-order valence-electron chi connectivity index (χ0n) is 17.9. The predicted octanol–water partition coefficient (Wildman–Crippen LogP) is 3.09. The standard InChI is InChI=1S/C22H26ClN5O4/c1-25-6-8-26(9-7-25)19-5-3-17(15-18(19)23)24-22(29)16-2-4-20(21(14-16)28(30)31)27-10-12-32-13-11-27/h2-5,14-15H,6-13H2,1H3,(H,24,29). The average Bonchev–Trinajstić information content (AvgIpc) is 2.80. The van der Waals surface area contributed by atoms with Crippen LogP contribution in [-0.4, -0.2) is 75.3 Å². The quantitative estimate of drug-likeness (QED) is 0.542. The molecule has 0 saturated carbocycles. The van der Waals surface area contributed by atoms with Gasteiger partial charge < -0.3 is 24.8 Å². The van der Waals surface area contributed by atoms with E-state index in [0.29, 0.717) is 42.7 Å². The number of hydrogen-bond acceptors (Lipinski definition) is 7. The van der Waals surface area contributed by atoms with Gasteiger partial charge in [0.1, 0.15) is 5.69 Å². The number of amides is 1. The summed E-state index contributed by atoms with van der Waals surface area (Å²) >= 11 is 6.49. The van der Waals surface area contributed by atoms with Crippen molar-refractivity contribution >= 4 is 40.3 Å². The molecule has 0 bridgehead atoms. The van der Waals surface area contributed by atoms with Crippen LogP contribution in [0.2, 0.25) is 5.02 Å². The third-order valence-electron chi connectivity index (χ3n) is 5.84. The first-order valence-electron chi connectivity index (χ1n) is 10.6. The molecule has 10 heteroatoms. The largest absolute Gasteiger partial charge is 0.378 e. The van der Waals surface area contributed by atoms with Gasteiger partial charge in [-0.2, -0.15) is 0 Å². The van der Waals surface area contributed by atoms with Crippen molar-refractivity contribution in [2.24, 2.45) is 0 Å². The first kappa shape index (κ1) is 22.3. The molecular weight excluding hydrogens is 434 g/mol. The molecule has 2 aliphatic rings. The number of nitrogens with zero attached hydrogens (tertiary/aromatic N) is 4. The summed E-state index contributed by atoms with van der Waals surface area (Å²) in [5, 5.41) is 15.0. The van der Waals surface area contributed by atoms with Crippen molar-refractivity contribution < 1.29 is 14.5 Å². The highest BCUT2D eigenvalue weighted by Gasteiger charge is 2.24. The highest BCUT2D eigenvalue weighted by molar-refractivity contribution is 6.33. The second-order valence-corrected chi connectivity index (χ2v) is 8.38. The van der Waals surface area contributed by atoms with Crippen LogP contribution in [0.15, 0.2) is 36.4 Å². The number of anilines is 3. The predicted molar refractivity (Wildman–Crippen MR) is 125 cm³/mol. The number of ether oxygens (including phenoxy) is 1. The number of benzene rings is 2. The van der Waals surface area contributed by atoms with E-state index in [2.05, 4.69) is 22.2 Å². The summed E-state index contributed by atoms with van der Waals surface area (Å²) in [6, 6.07) is 9.96. The van der Waals surface area contributed by atoms with E-state index in [0.717, 1.165) is 31.9 Å². The first-order chi connectivity index (χ1) is 15.4. The topological polar surface area (TPSA) is 91.2 Å². The molecule has 0 spiro atoms. The highest BCUT2D eigenvalue weighted by Crippen LogP contribution is 2.32. The molecule has 0 unspecified atom stereocenters. The zero-order chi connectivity index (χ0) is 22.7. The molecule has 0 aliphatic carbocycles. The van der Waals surface area contributed by atoms with Gasteiger partial charge >= 0.3 is 0 Å². The number of carbonyl (C=O) groups is 1. The smallest absolute Gasteiger partial charge is 0.293 e. The molecule has 2 saturated heterocycles. The van der Waals surface area contributed by atoms with Crippen molar-refractivity contribution in [3.05, 3.63) is 57.1 Å². The summed E-state index contributed by atoms with van der Waals surface area (Å²) in [7, 11) is 2.09. The minimum Gasteiger partial charge on any atom is -0.378 e. The summed E-state index contributed by atoms with van der Waals surface area (Å²) in [5.41, 5.74) is 2.09. The van der Waals surface area contributed by atoms with Gasteiger partial charge in [-0.25, -0.2) is 0 Å². The number of carbonyl (C=O) groups excluding carboxylic acids is 1. The second kappa shape index (κ2) is 9.72. The number of likely N-dealkylation sites (N-methyl/N-ethyl adjacent to an activating group) is 1. The minimum atomic E-state index is -0.455. The molecule has 1 N–H and O–H groups in total. The summed E-state index contributed by atoms with van der Waals surface area (Å²) in [6.07, 6.45) is 0. The van der Waals surface area contributed by atoms with Gasteiger partial charge in [0.2, 0.25) is 0 Å². The van der Waals surface area contributed by atoms with Crippen LogP contribution in [0.5, 0.6) is 0 Å². The number of nitro groups is 1. The van der Waals surface area contributed by atoms with Crippen LogP contribution in [0, 0.1) is 10.1 Å². The molecule has 170 valence electrons. The number of nitro benzene ring substituents is 1. The third-order valence-corrected chi connectivity index (χ3v) is 6.14. The molecule has 9 nitrogen and oxygen atoms in total. The van der Waals surface area contributed by atoms with Gasteiger partial charge in [0, 0.05) is 56.6 Å². The molecule has 4 rings (SSSR count). The summed E-state index contributed by atoms with van der Waals surface area (Å²) in [4.78, 5) is 30.4. The lowest BCUT2D eigenvalue weighted by Gasteiger charge is -2.34. The van der Waals surface area contributed by atoms with Crippen molar-refractivity contribution in [3.8, 4) is 0 Å². The molecule has 2 heterocycles. The van der Waals surface area contributed by atoms with Crippen LogP contribution in [0.1, 0.15) is 10.4 Å². The molecule has 0 aromatic heterocycles. The van der Waals surface area contributed by atoms with Gasteiger partial charge in [-0.15, -0.1) is 0 Å². The van der Waals surface area contributed by atoms with Crippen LogP contribution in [0.25, 0.3) is 0 Å². The zero-order valence-corrected chi connectivity index (χ0v) is 18.7. The number of rotatable bonds is 5. The molecule has 2 aromatic carbocycles. The Morgan fingerprint density at radius 1 is 1.00 bits per heavy atom. The van der Waals surface area contributed by atoms with Crippen LogP contribution in [-0.2, 0) is 4.74 Å². The van der Waals surface area contributed by atoms with E-state index in [1.54, 1.807) is 24.3 Å². The molecule has 32 heavy (non-hydrogen) atoms. The van der Waals surface area contributed by atoms with Gasteiger partial charge in [-0.1, -0.05) is 11.6 Å².